The molecule has 20 atom stereocenters. The molecule has 0 aromatic carbocycles. The Morgan fingerprint density at radius 3 is 1.48 bits per heavy atom. The van der Waals surface area contributed by atoms with Gasteiger partial charge in [0, 0.05) is 38.5 Å². The average Bonchev–Trinajstić information content (AvgIpc) is 4.11. The number of carbonyl (C=O) groups is 2. The summed E-state index contributed by atoms with van der Waals surface area (Å²) in [6.45, 7) is 21.1. The number of esters is 2. The predicted octanol–water partition coefficient (Wildman–Crippen LogP) is 9.46. The second-order valence-corrected chi connectivity index (χ2v) is 25.1. The second kappa shape index (κ2) is 23.5. The lowest BCUT2D eigenvalue weighted by Crippen LogP contribution is -2.58. The fraction of sp³-hybridized carbons (Fsp3) is 0.714. The zero-order valence-electron chi connectivity index (χ0n) is 47.5. The minimum absolute atomic E-state index is 0.0526. The summed E-state index contributed by atoms with van der Waals surface area (Å²) in [5.41, 5.74) is 1.57. The van der Waals surface area contributed by atoms with Crippen molar-refractivity contribution < 1.29 is 67.9 Å². The van der Waals surface area contributed by atoms with Crippen LogP contribution in [0.3, 0.4) is 0 Å². The van der Waals surface area contributed by atoms with Crippen LogP contribution >= 0.6 is 0 Å². The Kier molecular flexibility index (Phi) is 17.7. The molecule has 0 aromatic rings. The molecular weight excluding hydrogens is 981 g/mol. The number of carbonyl (C=O) groups excluding carboxylic acids is 2. The first-order valence-electron chi connectivity index (χ1n) is 29.1. The largest absolute Gasteiger partial charge is 0.462 e. The van der Waals surface area contributed by atoms with Crippen molar-refractivity contribution in [3.8, 4) is 0 Å². The van der Waals surface area contributed by atoms with Crippen LogP contribution in [0.1, 0.15) is 153 Å². The number of allylic oxidation sites excluding steroid dienone is 8. The summed E-state index contributed by atoms with van der Waals surface area (Å²) < 4.78 is 50.6. The molecule has 0 amide bonds. The zero-order valence-corrected chi connectivity index (χ0v) is 47.5. The summed E-state index contributed by atoms with van der Waals surface area (Å²) in [4.78, 5) is 27.7. The summed E-state index contributed by atoms with van der Waals surface area (Å²) in [6, 6.07) is 0. The van der Waals surface area contributed by atoms with Gasteiger partial charge in [0.2, 0.25) is 0 Å². The van der Waals surface area contributed by atoms with E-state index in [-0.39, 0.29) is 37.6 Å². The maximum atomic E-state index is 13.9. The molecule has 426 valence electrons. The zero-order chi connectivity index (χ0) is 55.2. The third kappa shape index (κ3) is 12.1. The minimum atomic E-state index is -1.68. The van der Waals surface area contributed by atoms with Gasteiger partial charge in [0.15, 0.2) is 11.6 Å². The summed E-state index contributed by atoms with van der Waals surface area (Å²) in [5, 5.41) is 45.7. The molecule has 2 spiro atoms. The second-order valence-electron chi connectivity index (χ2n) is 25.1. The van der Waals surface area contributed by atoms with Crippen LogP contribution in [0.2, 0.25) is 0 Å². The topological polar surface area (TPSA) is 189 Å². The normalized spacial score (nSPS) is 45.6. The predicted molar refractivity (Wildman–Crippen MR) is 291 cm³/mol. The van der Waals surface area contributed by atoms with Gasteiger partial charge >= 0.3 is 11.9 Å². The average molecular weight is 1070 g/mol. The van der Waals surface area contributed by atoms with Gasteiger partial charge in [-0.1, -0.05) is 107 Å². The van der Waals surface area contributed by atoms with Crippen LogP contribution in [-0.2, 0) is 47.5 Å². The molecule has 8 aliphatic heterocycles. The van der Waals surface area contributed by atoms with Crippen molar-refractivity contribution in [2.24, 2.45) is 35.5 Å². The van der Waals surface area contributed by atoms with Crippen LogP contribution in [0.4, 0.5) is 0 Å². The Hall–Kier alpha value is -3.54. The molecule has 14 nitrogen and oxygen atoms in total. The number of hydrogen-bond donors (Lipinski definition) is 4. The summed E-state index contributed by atoms with van der Waals surface area (Å²) in [7, 11) is 0. The van der Waals surface area contributed by atoms with Gasteiger partial charge in [-0.15, -0.1) is 0 Å². The fourth-order valence-electron chi connectivity index (χ4n) is 14.1. The molecule has 77 heavy (non-hydrogen) atoms. The summed E-state index contributed by atoms with van der Waals surface area (Å²) in [5.74, 6) is -3.05. The SMILES string of the molecule is CC1=CCC2CC(CC3(CCC(C)C(C)O3)O2)OC(=O)C2C=C(C)C(O)C3OCC(=CC=CC(C)C1)C23O.CCC1OC2(CCC1C)CC1CC(CC=C(C)CC(C)C=CC=C3COC4C(O)C(C)=CC(C(=O)O1)C34O)O2. The lowest BCUT2D eigenvalue weighted by atomic mass is 9.71. The molecular formula is C63H90O14. The molecule has 0 saturated carbocycles. The number of hydrogen-bond acceptors (Lipinski definition) is 14. The van der Waals surface area contributed by atoms with Crippen molar-refractivity contribution in [1.82, 2.24) is 0 Å². The highest BCUT2D eigenvalue weighted by molar-refractivity contribution is 5.79. The Morgan fingerprint density at radius 2 is 1.04 bits per heavy atom. The number of rotatable bonds is 1. The van der Waals surface area contributed by atoms with E-state index < -0.39 is 83.2 Å². The van der Waals surface area contributed by atoms with E-state index in [9.17, 15) is 30.0 Å². The van der Waals surface area contributed by atoms with E-state index in [0.29, 0.717) is 71.6 Å². The van der Waals surface area contributed by atoms with Crippen LogP contribution in [0.5, 0.6) is 0 Å². The molecule has 14 heteroatoms. The lowest BCUT2D eigenvalue weighted by molar-refractivity contribution is -0.335. The van der Waals surface area contributed by atoms with Crippen molar-refractivity contribution in [2.45, 2.75) is 237 Å². The van der Waals surface area contributed by atoms with Crippen molar-refractivity contribution in [2.75, 3.05) is 13.2 Å². The van der Waals surface area contributed by atoms with E-state index >= 15 is 0 Å². The minimum Gasteiger partial charge on any atom is -0.462 e. The van der Waals surface area contributed by atoms with Crippen LogP contribution in [0, 0.1) is 35.5 Å². The van der Waals surface area contributed by atoms with Crippen molar-refractivity contribution in [3.63, 3.8) is 0 Å². The molecule has 8 heterocycles. The highest BCUT2D eigenvalue weighted by Gasteiger charge is 2.62. The first-order valence-corrected chi connectivity index (χ1v) is 29.1. The van der Waals surface area contributed by atoms with Gasteiger partial charge in [-0.3, -0.25) is 9.59 Å². The summed E-state index contributed by atoms with van der Waals surface area (Å²) >= 11 is 0. The molecule has 6 saturated heterocycles. The molecule has 6 fully saturated rings. The van der Waals surface area contributed by atoms with Gasteiger partial charge in [-0.25, -0.2) is 0 Å². The Balaban J connectivity index is 0.000000188. The highest BCUT2D eigenvalue weighted by atomic mass is 16.7. The first-order chi connectivity index (χ1) is 36.5. The van der Waals surface area contributed by atoms with Gasteiger partial charge in [0.25, 0.3) is 0 Å². The van der Waals surface area contributed by atoms with Gasteiger partial charge in [0.05, 0.1) is 37.6 Å². The molecule has 0 aromatic heterocycles. The molecule has 4 N–H and O–H groups in total. The number of ether oxygens (including phenoxy) is 8. The third-order valence-corrected chi connectivity index (χ3v) is 18.8. The molecule has 10 aliphatic rings. The number of aliphatic hydroxyl groups is 4. The highest BCUT2D eigenvalue weighted by Crippen LogP contribution is 2.50. The molecule has 2 aliphatic carbocycles. The molecule has 4 bridgehead atoms. The summed E-state index contributed by atoms with van der Waals surface area (Å²) in [6.07, 6.45) is 24.5. The van der Waals surface area contributed by atoms with E-state index in [4.69, 9.17) is 37.9 Å². The first kappa shape index (κ1) is 58.1. The van der Waals surface area contributed by atoms with Gasteiger partial charge in [0.1, 0.15) is 59.7 Å². The lowest BCUT2D eigenvalue weighted by Gasteiger charge is -2.50. The van der Waals surface area contributed by atoms with E-state index in [0.717, 1.165) is 57.8 Å². The van der Waals surface area contributed by atoms with Gasteiger partial charge < -0.3 is 58.3 Å². The molecule has 10 rings (SSSR count). The smallest absolute Gasteiger partial charge is 0.316 e. The van der Waals surface area contributed by atoms with E-state index in [1.807, 2.05) is 24.3 Å². The van der Waals surface area contributed by atoms with Gasteiger partial charge in [-0.05, 0) is 126 Å². The van der Waals surface area contributed by atoms with Gasteiger partial charge in [-0.2, -0.15) is 0 Å². The Morgan fingerprint density at radius 1 is 0.597 bits per heavy atom. The maximum absolute atomic E-state index is 13.9. The fourth-order valence-corrected chi connectivity index (χ4v) is 14.1. The van der Waals surface area contributed by atoms with Crippen LogP contribution in [-0.4, -0.2) is 129 Å². The quantitative estimate of drug-likeness (QED) is 0.144. The van der Waals surface area contributed by atoms with E-state index in [2.05, 4.69) is 79.7 Å². The third-order valence-electron chi connectivity index (χ3n) is 18.8. The Bertz CT molecular complexity index is 2430. The number of aliphatic hydroxyl groups excluding tert-OH is 2. The maximum Gasteiger partial charge on any atom is 0.316 e. The van der Waals surface area contributed by atoms with Crippen LogP contribution in [0.15, 0.2) is 94.2 Å². The standard InChI is InChI=1S/C32H46O7.C31H44O7/c1-6-27-21(4)12-13-31(39-27)17-25-16-24(38-31)11-10-20(3)14-19(2)8-7-9-23-18-36-29-28(33)22(5)15-26(30(34)37-25)32(23,29)35;1-18-7-6-8-23-17-35-28-27(32)21(4)14-26(31(23,28)34)29(33)36-25-15-24(10-9-19(2)13-18)38-30(16-25)12-11-20(3)22(5)37-30/h7-10,15,19,21,24-29,33,35H,6,11-14,16-18H2,1-5H3;6-9,14,18,20,22,24-28,32,34H,10-13,15-17H2,1-5H3. The van der Waals surface area contributed by atoms with Crippen LogP contribution in [0.25, 0.3) is 0 Å². The van der Waals surface area contributed by atoms with E-state index in [1.54, 1.807) is 26.0 Å². The van der Waals surface area contributed by atoms with Crippen molar-refractivity contribution in [1.29, 1.82) is 0 Å². The molecule has 20 unspecified atom stereocenters. The van der Waals surface area contributed by atoms with Crippen LogP contribution < -0.4 is 0 Å². The molecule has 0 radical (unpaired) electrons. The Labute approximate surface area is 457 Å². The van der Waals surface area contributed by atoms with E-state index in [1.165, 1.54) is 11.1 Å². The van der Waals surface area contributed by atoms with Crippen molar-refractivity contribution in [3.05, 3.63) is 94.2 Å². The monoisotopic (exact) mass is 1070 g/mol. The number of fused-ring (bicyclic) bond motifs is 4. The van der Waals surface area contributed by atoms with Crippen molar-refractivity contribution >= 4 is 11.9 Å².